The molecule has 4 nitrogen and oxygen atoms in total. The number of nitrogens with zero attached hydrogens (tertiary/aromatic N) is 1. The molecule has 0 spiro atoms. The number of fused-ring (bicyclic) bond motifs is 2. The van der Waals surface area contributed by atoms with E-state index in [1.165, 1.54) is 0 Å². The molecule has 0 saturated heterocycles. The van der Waals surface area contributed by atoms with E-state index in [1.54, 1.807) is 0 Å². The van der Waals surface area contributed by atoms with Crippen LogP contribution in [0.15, 0.2) is 18.3 Å². The van der Waals surface area contributed by atoms with Crippen LogP contribution in [0.5, 0.6) is 0 Å². The summed E-state index contributed by atoms with van der Waals surface area (Å²) in [6, 6.07) is 1.65. The largest absolute Gasteiger partial charge is 0.433 e. The van der Waals surface area contributed by atoms with Crippen molar-refractivity contribution in [3.8, 4) is 0 Å². The molecule has 2 aliphatic rings. The number of carbonyl (C=O) groups is 3. The fraction of sp³-hybridized carbons (Fsp3) is 0.467. The van der Waals surface area contributed by atoms with Gasteiger partial charge in [-0.3, -0.25) is 19.4 Å². The number of alkyl halides is 3. The lowest BCUT2D eigenvalue weighted by molar-refractivity contribution is -0.141. The third-order valence-electron chi connectivity index (χ3n) is 4.41. The molecule has 0 amide bonds. The molecule has 0 aliphatic heterocycles. The summed E-state index contributed by atoms with van der Waals surface area (Å²) in [7, 11) is 0. The lowest BCUT2D eigenvalue weighted by Gasteiger charge is -2.24. The average molecular weight is 311 g/mol. The van der Waals surface area contributed by atoms with E-state index in [0.717, 1.165) is 12.3 Å². The Balaban J connectivity index is 1.87. The van der Waals surface area contributed by atoms with Crippen LogP contribution in [0.3, 0.4) is 0 Å². The molecule has 22 heavy (non-hydrogen) atoms. The Hall–Kier alpha value is -2.05. The van der Waals surface area contributed by atoms with Crippen LogP contribution < -0.4 is 0 Å². The van der Waals surface area contributed by atoms with Crippen molar-refractivity contribution in [2.45, 2.75) is 25.4 Å². The van der Waals surface area contributed by atoms with Crippen LogP contribution in [-0.4, -0.2) is 22.3 Å². The first kappa shape index (κ1) is 14.9. The minimum Gasteiger partial charge on any atom is -0.298 e. The molecule has 7 heteroatoms. The normalized spacial score (nSPS) is 28.0. The Morgan fingerprint density at radius 2 is 1.68 bits per heavy atom. The van der Waals surface area contributed by atoms with Gasteiger partial charge >= 0.3 is 6.18 Å². The molecule has 1 aromatic rings. The van der Waals surface area contributed by atoms with E-state index in [0.29, 0.717) is 25.3 Å². The highest BCUT2D eigenvalue weighted by Crippen LogP contribution is 2.41. The van der Waals surface area contributed by atoms with E-state index < -0.39 is 35.1 Å². The van der Waals surface area contributed by atoms with Gasteiger partial charge in [-0.05, 0) is 31.4 Å². The molecular weight excluding hydrogens is 299 g/mol. The van der Waals surface area contributed by atoms with Crippen molar-refractivity contribution < 1.29 is 27.6 Å². The second-order valence-electron chi connectivity index (χ2n) is 5.74. The molecule has 3 rings (SSSR count). The number of ketones is 3. The summed E-state index contributed by atoms with van der Waals surface area (Å²) < 4.78 is 37.4. The Kier molecular flexibility index (Phi) is 3.38. The molecule has 2 fully saturated rings. The zero-order chi connectivity index (χ0) is 16.1. The van der Waals surface area contributed by atoms with Crippen LogP contribution in [0.25, 0.3) is 0 Å². The molecule has 0 N–H and O–H groups in total. The fourth-order valence-corrected chi connectivity index (χ4v) is 3.24. The van der Waals surface area contributed by atoms with Crippen LogP contribution in [0.2, 0.25) is 0 Å². The summed E-state index contributed by atoms with van der Waals surface area (Å²) in [5.74, 6) is -3.47. The first-order chi connectivity index (χ1) is 10.3. The lowest BCUT2D eigenvalue weighted by Crippen LogP contribution is -2.41. The Morgan fingerprint density at radius 1 is 1.09 bits per heavy atom. The van der Waals surface area contributed by atoms with E-state index in [-0.39, 0.29) is 17.4 Å². The van der Waals surface area contributed by atoms with Crippen LogP contribution in [0.4, 0.5) is 13.2 Å². The van der Waals surface area contributed by atoms with Gasteiger partial charge in [-0.2, -0.15) is 13.2 Å². The minimum absolute atomic E-state index is 0.138. The number of halogens is 3. The molecule has 1 unspecified atom stereocenters. The minimum atomic E-state index is -4.60. The summed E-state index contributed by atoms with van der Waals surface area (Å²) in [6.45, 7) is 0. The summed E-state index contributed by atoms with van der Waals surface area (Å²) in [5.41, 5.74) is -1.26. The Bertz CT molecular complexity index is 629. The van der Waals surface area contributed by atoms with Crippen molar-refractivity contribution in [1.82, 2.24) is 4.98 Å². The summed E-state index contributed by atoms with van der Waals surface area (Å²) in [4.78, 5) is 39.9. The maximum absolute atomic E-state index is 12.5. The Labute approximate surface area is 123 Å². The number of pyridine rings is 1. The van der Waals surface area contributed by atoms with E-state index in [1.807, 2.05) is 0 Å². The van der Waals surface area contributed by atoms with Gasteiger partial charge in [0.05, 0.1) is 0 Å². The van der Waals surface area contributed by atoms with Crippen molar-refractivity contribution in [2.75, 3.05) is 0 Å². The van der Waals surface area contributed by atoms with Crippen LogP contribution in [-0.2, 0) is 15.8 Å². The van der Waals surface area contributed by atoms with Gasteiger partial charge in [0.15, 0.2) is 17.3 Å². The number of hydrogen-bond donors (Lipinski definition) is 0. The van der Waals surface area contributed by atoms with Crippen molar-refractivity contribution in [2.24, 2.45) is 17.8 Å². The smallest absolute Gasteiger partial charge is 0.298 e. The first-order valence-electron chi connectivity index (χ1n) is 6.94. The topological polar surface area (TPSA) is 64.1 Å². The maximum Gasteiger partial charge on any atom is 0.433 e. The van der Waals surface area contributed by atoms with E-state index in [9.17, 15) is 27.6 Å². The molecule has 1 heterocycles. The highest BCUT2D eigenvalue weighted by atomic mass is 19.4. The molecule has 0 radical (unpaired) electrons. The first-order valence-corrected chi connectivity index (χ1v) is 6.94. The SMILES string of the molecule is O=C(c1ccc(C(F)(F)F)nc1)C1C(=O)[C@@H]2CC[C@@H](C2)C1=O. The maximum atomic E-state index is 12.5. The number of rotatable bonds is 2. The Morgan fingerprint density at radius 3 is 2.14 bits per heavy atom. The molecule has 2 bridgehead atoms. The van der Waals surface area contributed by atoms with E-state index in [2.05, 4.69) is 4.98 Å². The van der Waals surface area contributed by atoms with Crippen LogP contribution in [0.1, 0.15) is 35.3 Å². The second-order valence-corrected chi connectivity index (χ2v) is 5.74. The predicted molar refractivity (Wildman–Crippen MR) is 67.9 cm³/mol. The molecule has 2 aliphatic carbocycles. The van der Waals surface area contributed by atoms with Crippen molar-refractivity contribution >= 4 is 17.3 Å². The molecule has 116 valence electrons. The van der Waals surface area contributed by atoms with Crippen LogP contribution in [0, 0.1) is 17.8 Å². The van der Waals surface area contributed by atoms with Gasteiger partial charge in [0, 0.05) is 23.6 Å². The molecule has 2 saturated carbocycles. The average Bonchev–Trinajstić information content (AvgIpc) is 2.91. The number of carbonyl (C=O) groups excluding carboxylic acids is 3. The monoisotopic (exact) mass is 311 g/mol. The summed E-state index contributed by atoms with van der Waals surface area (Å²) >= 11 is 0. The highest BCUT2D eigenvalue weighted by molar-refractivity contribution is 6.26. The highest BCUT2D eigenvalue weighted by Gasteiger charge is 2.50. The molecular formula is C15H12F3NO3. The fourth-order valence-electron chi connectivity index (χ4n) is 3.24. The zero-order valence-electron chi connectivity index (χ0n) is 11.4. The van der Waals surface area contributed by atoms with Crippen molar-refractivity contribution in [1.29, 1.82) is 0 Å². The molecule has 3 atom stereocenters. The molecule has 0 aromatic carbocycles. The van der Waals surface area contributed by atoms with Gasteiger partial charge in [0.2, 0.25) is 0 Å². The third-order valence-corrected chi connectivity index (χ3v) is 4.41. The zero-order valence-corrected chi connectivity index (χ0v) is 11.4. The van der Waals surface area contributed by atoms with Crippen molar-refractivity contribution in [3.05, 3.63) is 29.6 Å². The predicted octanol–water partition coefficient (Wildman–Crippen LogP) is 2.47. The van der Waals surface area contributed by atoms with E-state index in [4.69, 9.17) is 0 Å². The standard InChI is InChI=1S/C15H12F3NO3/c16-15(17,18)10-4-3-9(6-19-10)14(22)11-12(20)7-1-2-8(5-7)13(11)21/h3-4,6-8,11H,1-2,5H2/t7-,8+,11?. The van der Waals surface area contributed by atoms with Gasteiger partial charge in [0.25, 0.3) is 0 Å². The number of Topliss-reactive ketones (excluding diaryl/α,β-unsaturated/α-hetero) is 3. The van der Waals surface area contributed by atoms with Gasteiger partial charge in [-0.1, -0.05) is 0 Å². The second kappa shape index (κ2) is 5.00. The lowest BCUT2D eigenvalue weighted by atomic mass is 9.75. The van der Waals surface area contributed by atoms with Crippen molar-refractivity contribution in [3.63, 3.8) is 0 Å². The summed E-state index contributed by atoms with van der Waals surface area (Å²) in [6.07, 6.45) is -2.12. The van der Waals surface area contributed by atoms with Gasteiger partial charge in [0.1, 0.15) is 11.6 Å². The third kappa shape index (κ3) is 2.34. The molecule has 1 aromatic heterocycles. The number of hydrogen-bond acceptors (Lipinski definition) is 4. The van der Waals surface area contributed by atoms with E-state index >= 15 is 0 Å². The van der Waals surface area contributed by atoms with Gasteiger partial charge < -0.3 is 0 Å². The quantitative estimate of drug-likeness (QED) is 0.622. The number of aromatic nitrogens is 1. The summed E-state index contributed by atoms with van der Waals surface area (Å²) in [5, 5.41) is 0. The van der Waals surface area contributed by atoms with Crippen LogP contribution >= 0.6 is 0 Å². The van der Waals surface area contributed by atoms with Gasteiger partial charge in [-0.25, -0.2) is 0 Å². The van der Waals surface area contributed by atoms with Gasteiger partial charge in [-0.15, -0.1) is 0 Å².